The van der Waals surface area contributed by atoms with Crippen molar-refractivity contribution < 1.29 is 19.1 Å². The quantitative estimate of drug-likeness (QED) is 0.288. The molecule has 0 spiro atoms. The summed E-state index contributed by atoms with van der Waals surface area (Å²) in [7, 11) is 0. The van der Waals surface area contributed by atoms with Crippen LogP contribution >= 0.6 is 0 Å². The zero-order valence-corrected chi connectivity index (χ0v) is 18.7. The molecule has 0 saturated heterocycles. The van der Waals surface area contributed by atoms with Crippen molar-refractivity contribution in [3.8, 4) is 17.5 Å². The Hall–Kier alpha value is -4.12. The first-order chi connectivity index (χ1) is 15.4. The molecule has 0 unspecified atom stereocenters. The summed E-state index contributed by atoms with van der Waals surface area (Å²) in [5.74, 6) is 3.78. The van der Waals surface area contributed by atoms with Gasteiger partial charge in [-0.3, -0.25) is 0 Å². The van der Waals surface area contributed by atoms with Crippen LogP contribution in [0, 0.1) is 18.8 Å². The molecular weight excluding hydrogens is 408 g/mol. The van der Waals surface area contributed by atoms with E-state index in [1.165, 1.54) is 0 Å². The van der Waals surface area contributed by atoms with Crippen molar-refractivity contribution in [1.82, 2.24) is 15.0 Å². The Balaban J connectivity index is 0.000000283. The molecule has 1 aromatic heterocycles. The van der Waals surface area contributed by atoms with Gasteiger partial charge in [-0.25, -0.2) is 14.3 Å². The molecule has 3 rings (SSSR count). The second-order valence-electron chi connectivity index (χ2n) is 6.00. The number of nitrogens with zero attached hydrogens (tertiary/aromatic N) is 3. The van der Waals surface area contributed by atoms with Gasteiger partial charge in [-0.05, 0) is 52.0 Å². The maximum atomic E-state index is 11.6. The van der Waals surface area contributed by atoms with Crippen LogP contribution in [0.5, 0.6) is 0 Å². The van der Waals surface area contributed by atoms with Crippen LogP contribution in [0.1, 0.15) is 37.0 Å². The number of carbonyl (C=O) groups is 2. The van der Waals surface area contributed by atoms with Crippen molar-refractivity contribution in [3.05, 3.63) is 72.1 Å². The monoisotopic (exact) mass is 436 g/mol. The van der Waals surface area contributed by atoms with Crippen LogP contribution in [-0.2, 0) is 14.3 Å². The number of nitrogen functional groups attached to an aromatic ring is 1. The van der Waals surface area contributed by atoms with Crippen molar-refractivity contribution >= 4 is 17.6 Å². The van der Waals surface area contributed by atoms with E-state index in [9.17, 15) is 9.59 Å². The number of rotatable bonds is 4. The number of hydrogen-bond donors (Lipinski definition) is 1. The Morgan fingerprint density at radius 1 is 0.969 bits per heavy atom. The summed E-state index contributed by atoms with van der Waals surface area (Å²) < 4.78 is 11.0. The number of benzene rings is 2. The zero-order chi connectivity index (χ0) is 23.8. The Kier molecular flexibility index (Phi) is 12.0. The molecule has 168 valence electrons. The number of para-hydroxylation sites is 2. The Morgan fingerprint density at radius 2 is 1.53 bits per heavy atom. The highest BCUT2D eigenvalue weighted by Crippen LogP contribution is 2.12. The lowest BCUT2D eigenvalue weighted by molar-refractivity contribution is -0.136. The Morgan fingerprint density at radius 3 is 2.00 bits per heavy atom. The average molecular weight is 437 g/mol. The molecule has 0 aliphatic carbocycles. The van der Waals surface area contributed by atoms with E-state index in [0.29, 0.717) is 18.9 Å². The number of anilines is 1. The molecule has 8 heteroatoms. The first kappa shape index (κ1) is 25.9. The Labute approximate surface area is 188 Å². The van der Waals surface area contributed by atoms with Crippen LogP contribution in [0.15, 0.2) is 60.7 Å². The molecule has 0 aliphatic heterocycles. The van der Waals surface area contributed by atoms with Crippen molar-refractivity contribution in [3.63, 3.8) is 0 Å². The van der Waals surface area contributed by atoms with E-state index in [-0.39, 0.29) is 5.69 Å². The van der Waals surface area contributed by atoms with Gasteiger partial charge in [0.05, 0.1) is 24.6 Å². The molecule has 3 aromatic rings. The molecule has 0 atom stereocenters. The van der Waals surface area contributed by atoms with Crippen LogP contribution in [0.4, 0.5) is 5.69 Å². The van der Waals surface area contributed by atoms with E-state index < -0.39 is 11.9 Å². The molecule has 2 N–H and O–H groups in total. The summed E-state index contributed by atoms with van der Waals surface area (Å²) in [6.07, 6.45) is 0. The second kappa shape index (κ2) is 14.8. The Bertz CT molecular complexity index is 1020. The third-order valence-corrected chi connectivity index (χ3v) is 3.67. The summed E-state index contributed by atoms with van der Waals surface area (Å²) in [5, 5.41) is 7.80. The topological polar surface area (TPSA) is 109 Å². The van der Waals surface area contributed by atoms with Gasteiger partial charge in [-0.2, -0.15) is 0 Å². The normalized spacial score (nSPS) is 9.00. The van der Waals surface area contributed by atoms with E-state index in [2.05, 4.69) is 26.9 Å². The van der Waals surface area contributed by atoms with Gasteiger partial charge in [-0.1, -0.05) is 47.5 Å². The van der Waals surface area contributed by atoms with E-state index in [1.54, 1.807) is 32.4 Å². The molecule has 0 bridgehead atoms. The van der Waals surface area contributed by atoms with Gasteiger partial charge < -0.3 is 15.2 Å². The third-order valence-electron chi connectivity index (χ3n) is 3.67. The maximum Gasteiger partial charge on any atom is 0.384 e. The van der Waals surface area contributed by atoms with E-state index in [4.69, 9.17) is 10.5 Å². The minimum atomic E-state index is -0.449. The SMILES string of the molecule is CC#CC(=O)OCC.CCOC(=O)c1nnn(-c2ccccc2)c1C.Nc1ccccc1. The lowest BCUT2D eigenvalue weighted by Crippen LogP contribution is -2.07. The summed E-state index contributed by atoms with van der Waals surface area (Å²) in [5.41, 5.74) is 7.98. The van der Waals surface area contributed by atoms with E-state index in [1.807, 2.05) is 60.7 Å². The highest BCUT2D eigenvalue weighted by Gasteiger charge is 2.17. The largest absolute Gasteiger partial charge is 0.461 e. The summed E-state index contributed by atoms with van der Waals surface area (Å²) in [6, 6.07) is 19.0. The van der Waals surface area contributed by atoms with Gasteiger partial charge in [-0.15, -0.1) is 5.10 Å². The fraction of sp³-hybridized carbons (Fsp3) is 0.250. The van der Waals surface area contributed by atoms with Gasteiger partial charge in [0.15, 0.2) is 5.69 Å². The van der Waals surface area contributed by atoms with Gasteiger partial charge in [0.2, 0.25) is 0 Å². The third kappa shape index (κ3) is 9.13. The molecule has 32 heavy (non-hydrogen) atoms. The maximum absolute atomic E-state index is 11.6. The fourth-order valence-electron chi connectivity index (χ4n) is 2.25. The zero-order valence-electron chi connectivity index (χ0n) is 18.7. The molecule has 0 saturated carbocycles. The molecule has 2 aromatic carbocycles. The molecule has 0 amide bonds. The summed E-state index contributed by atoms with van der Waals surface area (Å²) >= 11 is 0. The van der Waals surface area contributed by atoms with Gasteiger partial charge in [0.25, 0.3) is 0 Å². The molecule has 0 aliphatic rings. The lowest BCUT2D eigenvalue weighted by Gasteiger charge is -2.02. The standard InChI is InChI=1S/C12H13N3O2.C6H7N.C6H8O2/c1-3-17-12(16)11-9(2)15(14-13-11)10-7-5-4-6-8-10;7-6-4-2-1-3-5-6;1-3-5-6(7)8-4-2/h4-8H,3H2,1-2H3;1-5H,7H2;4H2,1-2H3. The molecule has 0 fully saturated rings. The molecular formula is C24H28N4O4. The van der Waals surface area contributed by atoms with Crippen molar-refractivity contribution in [1.29, 1.82) is 0 Å². The average Bonchev–Trinajstić information content (AvgIpc) is 3.18. The van der Waals surface area contributed by atoms with Crippen molar-refractivity contribution in [2.24, 2.45) is 0 Å². The van der Waals surface area contributed by atoms with Crippen LogP contribution in [0.2, 0.25) is 0 Å². The predicted octanol–water partition coefficient (Wildman–Crippen LogP) is 3.59. The second-order valence-corrected chi connectivity index (χ2v) is 6.00. The van der Waals surface area contributed by atoms with Crippen molar-refractivity contribution in [2.45, 2.75) is 27.7 Å². The van der Waals surface area contributed by atoms with Crippen LogP contribution in [0.25, 0.3) is 5.69 Å². The number of ether oxygens (including phenoxy) is 2. The minimum Gasteiger partial charge on any atom is -0.461 e. The molecule has 0 radical (unpaired) electrons. The van der Waals surface area contributed by atoms with Gasteiger partial charge in [0, 0.05) is 11.6 Å². The number of esters is 2. The van der Waals surface area contributed by atoms with Crippen LogP contribution in [0.3, 0.4) is 0 Å². The number of aromatic nitrogens is 3. The highest BCUT2D eigenvalue weighted by atomic mass is 16.5. The predicted molar refractivity (Wildman–Crippen MR) is 123 cm³/mol. The van der Waals surface area contributed by atoms with E-state index >= 15 is 0 Å². The van der Waals surface area contributed by atoms with Gasteiger partial charge >= 0.3 is 11.9 Å². The first-order valence-corrected chi connectivity index (χ1v) is 9.99. The van der Waals surface area contributed by atoms with Crippen molar-refractivity contribution in [2.75, 3.05) is 18.9 Å². The number of nitrogens with two attached hydrogens (primary N) is 1. The first-order valence-electron chi connectivity index (χ1n) is 9.99. The van der Waals surface area contributed by atoms with E-state index in [0.717, 1.165) is 11.4 Å². The van der Waals surface area contributed by atoms with Crippen LogP contribution < -0.4 is 5.73 Å². The highest BCUT2D eigenvalue weighted by molar-refractivity contribution is 5.88. The molecule has 1 heterocycles. The molecule has 8 nitrogen and oxygen atoms in total. The fourth-order valence-corrected chi connectivity index (χ4v) is 2.25. The smallest absolute Gasteiger partial charge is 0.384 e. The number of carbonyl (C=O) groups excluding carboxylic acids is 2. The summed E-state index contributed by atoms with van der Waals surface area (Å²) in [4.78, 5) is 21.8. The van der Waals surface area contributed by atoms with Crippen LogP contribution in [-0.4, -0.2) is 40.1 Å². The minimum absolute atomic E-state index is 0.260. The summed E-state index contributed by atoms with van der Waals surface area (Å²) in [6.45, 7) is 7.62. The lowest BCUT2D eigenvalue weighted by atomic mass is 10.3. The van der Waals surface area contributed by atoms with Gasteiger partial charge in [0.1, 0.15) is 0 Å². The number of hydrogen-bond acceptors (Lipinski definition) is 7.